The van der Waals surface area contributed by atoms with Crippen molar-refractivity contribution in [2.45, 2.75) is 65.3 Å². The Morgan fingerprint density at radius 1 is 1.10 bits per heavy atom. The summed E-state index contributed by atoms with van der Waals surface area (Å²) in [6.07, 6.45) is 6.12. The fraction of sp³-hybridized carbons (Fsp3) is 0.867. The van der Waals surface area contributed by atoms with E-state index in [4.69, 9.17) is 0 Å². The van der Waals surface area contributed by atoms with Crippen LogP contribution in [-0.4, -0.2) is 29.2 Å². The third kappa shape index (κ3) is 4.12. The van der Waals surface area contributed by atoms with Gasteiger partial charge in [0.2, 0.25) is 0 Å². The van der Waals surface area contributed by atoms with Crippen LogP contribution in [0.1, 0.15) is 59.8 Å². The number of nitrogens with one attached hydrogen (secondary N) is 2. The topological polar surface area (TPSA) is 78.4 Å². The van der Waals surface area contributed by atoms with Crippen molar-refractivity contribution >= 4 is 12.0 Å². The fourth-order valence-corrected chi connectivity index (χ4v) is 2.38. The number of rotatable bonds is 5. The van der Waals surface area contributed by atoms with Crippen molar-refractivity contribution in [3.8, 4) is 0 Å². The smallest absolute Gasteiger partial charge is 0.315 e. The highest BCUT2D eigenvalue weighted by molar-refractivity contribution is 5.79. The van der Waals surface area contributed by atoms with Gasteiger partial charge in [0.25, 0.3) is 0 Å². The summed E-state index contributed by atoms with van der Waals surface area (Å²) in [5, 5.41) is 14.9. The van der Waals surface area contributed by atoms with Gasteiger partial charge < -0.3 is 15.7 Å². The number of urea groups is 1. The molecule has 0 bridgehead atoms. The highest BCUT2D eigenvalue weighted by atomic mass is 16.4. The molecular weight excluding hydrogens is 256 g/mol. The monoisotopic (exact) mass is 284 g/mol. The van der Waals surface area contributed by atoms with Crippen LogP contribution in [-0.2, 0) is 4.79 Å². The molecule has 1 aliphatic rings. The van der Waals surface area contributed by atoms with E-state index in [9.17, 15) is 14.7 Å². The Balaban J connectivity index is 2.46. The van der Waals surface area contributed by atoms with Crippen LogP contribution < -0.4 is 10.6 Å². The molecule has 1 fully saturated rings. The van der Waals surface area contributed by atoms with Crippen LogP contribution in [0.3, 0.4) is 0 Å². The van der Waals surface area contributed by atoms with E-state index in [0.717, 1.165) is 0 Å². The zero-order valence-corrected chi connectivity index (χ0v) is 13.1. The van der Waals surface area contributed by atoms with E-state index in [0.29, 0.717) is 12.5 Å². The minimum Gasteiger partial charge on any atom is -0.481 e. The van der Waals surface area contributed by atoms with Gasteiger partial charge >= 0.3 is 12.0 Å². The van der Waals surface area contributed by atoms with Crippen LogP contribution in [0.25, 0.3) is 0 Å². The van der Waals surface area contributed by atoms with Crippen molar-refractivity contribution < 1.29 is 14.7 Å². The number of aliphatic carboxylic acids is 1. The first-order valence-corrected chi connectivity index (χ1v) is 7.46. The first-order chi connectivity index (χ1) is 9.17. The van der Waals surface area contributed by atoms with Crippen molar-refractivity contribution in [1.29, 1.82) is 0 Å². The molecule has 0 saturated heterocycles. The number of carboxylic acid groups (broad SMARTS) is 1. The maximum absolute atomic E-state index is 12.0. The summed E-state index contributed by atoms with van der Waals surface area (Å²) in [6, 6.07) is -0.283. The number of carbonyl (C=O) groups excluding carboxylic acids is 1. The first kappa shape index (κ1) is 16.8. The molecule has 1 rings (SSSR count). The average Bonchev–Trinajstić information content (AvgIpc) is 2.36. The second-order valence-electron chi connectivity index (χ2n) is 6.89. The Kier molecular flexibility index (Phi) is 5.42. The second kappa shape index (κ2) is 6.46. The van der Waals surface area contributed by atoms with Gasteiger partial charge in [0.1, 0.15) is 0 Å². The van der Waals surface area contributed by atoms with Gasteiger partial charge in [-0.3, -0.25) is 4.79 Å². The van der Waals surface area contributed by atoms with Crippen molar-refractivity contribution in [2.24, 2.45) is 11.3 Å². The molecule has 116 valence electrons. The first-order valence-electron chi connectivity index (χ1n) is 7.46. The maximum Gasteiger partial charge on any atom is 0.315 e. The lowest BCUT2D eigenvalue weighted by Crippen LogP contribution is -2.59. The summed E-state index contributed by atoms with van der Waals surface area (Å²) in [5.41, 5.74) is -1.86. The van der Waals surface area contributed by atoms with Crippen LogP contribution in [0.5, 0.6) is 0 Å². The van der Waals surface area contributed by atoms with E-state index < -0.39 is 16.9 Å². The molecule has 0 aromatic heterocycles. The second-order valence-corrected chi connectivity index (χ2v) is 6.89. The van der Waals surface area contributed by atoms with Gasteiger partial charge in [-0.1, -0.05) is 19.3 Å². The van der Waals surface area contributed by atoms with E-state index in [1.54, 1.807) is 27.7 Å². The summed E-state index contributed by atoms with van der Waals surface area (Å²) < 4.78 is 0. The molecule has 3 N–H and O–H groups in total. The van der Waals surface area contributed by atoms with Crippen molar-refractivity contribution in [3.63, 3.8) is 0 Å². The van der Waals surface area contributed by atoms with E-state index in [1.807, 2.05) is 0 Å². The Morgan fingerprint density at radius 3 is 2.15 bits per heavy atom. The molecule has 5 nitrogen and oxygen atoms in total. The van der Waals surface area contributed by atoms with Gasteiger partial charge in [-0.2, -0.15) is 0 Å². The standard InChI is InChI=1S/C15H28N2O3/c1-14(2,12(18)19)15(3,4)17-13(20)16-10-11-8-6-5-7-9-11/h11H,5-10H2,1-4H3,(H,18,19)(H2,16,17,20). The zero-order valence-electron chi connectivity index (χ0n) is 13.1. The van der Waals surface area contributed by atoms with Gasteiger partial charge in [-0.15, -0.1) is 0 Å². The summed E-state index contributed by atoms with van der Waals surface area (Å²) in [4.78, 5) is 23.2. The molecule has 20 heavy (non-hydrogen) atoms. The molecule has 2 amide bonds. The quantitative estimate of drug-likeness (QED) is 0.726. The molecule has 0 spiro atoms. The number of hydrogen-bond donors (Lipinski definition) is 3. The van der Waals surface area contributed by atoms with E-state index in [2.05, 4.69) is 10.6 Å². The SMILES string of the molecule is CC(C)(NC(=O)NCC1CCCCC1)C(C)(C)C(=O)O. The molecule has 5 heteroatoms. The van der Waals surface area contributed by atoms with Gasteiger partial charge in [0.15, 0.2) is 0 Å². The molecule has 0 aromatic rings. The van der Waals surface area contributed by atoms with Crippen molar-refractivity contribution in [1.82, 2.24) is 10.6 Å². The Labute approximate surface area is 121 Å². The molecule has 1 aliphatic carbocycles. The fourth-order valence-electron chi connectivity index (χ4n) is 2.38. The van der Waals surface area contributed by atoms with Crippen molar-refractivity contribution in [2.75, 3.05) is 6.54 Å². The van der Waals surface area contributed by atoms with Gasteiger partial charge in [0.05, 0.1) is 11.0 Å². The van der Waals surface area contributed by atoms with Gasteiger partial charge in [0, 0.05) is 6.54 Å². The highest BCUT2D eigenvalue weighted by Gasteiger charge is 2.44. The molecule has 0 heterocycles. The molecule has 1 saturated carbocycles. The highest BCUT2D eigenvalue weighted by Crippen LogP contribution is 2.30. The predicted molar refractivity (Wildman–Crippen MR) is 78.6 cm³/mol. The van der Waals surface area contributed by atoms with Gasteiger partial charge in [-0.05, 0) is 46.5 Å². The van der Waals surface area contributed by atoms with Crippen molar-refractivity contribution in [3.05, 3.63) is 0 Å². The third-order valence-corrected chi connectivity index (χ3v) is 4.80. The van der Waals surface area contributed by atoms with Crippen LogP contribution in [0.2, 0.25) is 0 Å². The Bertz CT molecular complexity index is 358. The molecule has 0 aliphatic heterocycles. The number of amides is 2. The number of carbonyl (C=O) groups is 2. The predicted octanol–water partition coefficient (Wildman–Crippen LogP) is 2.76. The Hall–Kier alpha value is -1.26. The average molecular weight is 284 g/mol. The minimum atomic E-state index is -1.03. The lowest BCUT2D eigenvalue weighted by atomic mass is 9.74. The van der Waals surface area contributed by atoms with Crippen LogP contribution in [0.15, 0.2) is 0 Å². The van der Waals surface area contributed by atoms with E-state index in [-0.39, 0.29) is 6.03 Å². The van der Waals surface area contributed by atoms with Gasteiger partial charge in [-0.25, -0.2) is 4.79 Å². The maximum atomic E-state index is 12.0. The lowest BCUT2D eigenvalue weighted by Gasteiger charge is -2.38. The Morgan fingerprint density at radius 2 is 1.65 bits per heavy atom. The summed E-state index contributed by atoms with van der Waals surface area (Å²) in [6.45, 7) is 7.39. The van der Waals surface area contributed by atoms with Crippen LogP contribution >= 0.6 is 0 Å². The summed E-state index contributed by atoms with van der Waals surface area (Å²) in [7, 11) is 0. The van der Waals surface area contributed by atoms with Crippen LogP contribution in [0.4, 0.5) is 4.79 Å². The molecule has 0 atom stereocenters. The zero-order chi connectivity index (χ0) is 15.4. The lowest BCUT2D eigenvalue weighted by molar-refractivity contribution is -0.150. The molecule has 0 radical (unpaired) electrons. The summed E-state index contributed by atoms with van der Waals surface area (Å²) >= 11 is 0. The molecule has 0 aromatic carbocycles. The van der Waals surface area contributed by atoms with E-state index >= 15 is 0 Å². The van der Waals surface area contributed by atoms with Crippen LogP contribution in [0, 0.1) is 11.3 Å². The third-order valence-electron chi connectivity index (χ3n) is 4.80. The molecule has 0 unspecified atom stereocenters. The van der Waals surface area contributed by atoms with E-state index in [1.165, 1.54) is 32.1 Å². The minimum absolute atomic E-state index is 0.283. The number of hydrogen-bond acceptors (Lipinski definition) is 2. The largest absolute Gasteiger partial charge is 0.481 e. The molecular formula is C15H28N2O3. The summed E-state index contributed by atoms with van der Waals surface area (Å²) in [5.74, 6) is -0.361. The normalized spacial score (nSPS) is 17.6. The number of carboxylic acids is 1.